The van der Waals surface area contributed by atoms with Crippen molar-refractivity contribution in [2.24, 2.45) is 0 Å². The summed E-state index contributed by atoms with van der Waals surface area (Å²) in [7, 11) is 1.64. The van der Waals surface area contributed by atoms with Crippen LogP contribution in [0.3, 0.4) is 0 Å². The molecule has 15 heavy (non-hydrogen) atoms. The predicted molar refractivity (Wildman–Crippen MR) is 57.5 cm³/mol. The van der Waals surface area contributed by atoms with E-state index in [2.05, 4.69) is 9.97 Å². The second-order valence-corrected chi connectivity index (χ2v) is 3.49. The fourth-order valence-electron chi connectivity index (χ4n) is 1.24. The topological polar surface area (TPSA) is 39.9 Å². The second-order valence-electron chi connectivity index (χ2n) is 3.05. The van der Waals surface area contributed by atoms with Crippen LogP contribution in [0.5, 0.6) is 0 Å². The third-order valence-corrected chi connectivity index (χ3v) is 2.12. The number of ether oxygens (including phenoxy) is 1. The van der Waals surface area contributed by atoms with Gasteiger partial charge >= 0.3 is 0 Å². The SMILES string of the molecule is COCn1cnc(-c2ccc(Cl)cn2)c1. The number of rotatable bonds is 3. The van der Waals surface area contributed by atoms with Gasteiger partial charge in [0.15, 0.2) is 0 Å². The van der Waals surface area contributed by atoms with Crippen LogP contribution in [-0.4, -0.2) is 21.6 Å². The third-order valence-electron chi connectivity index (χ3n) is 1.90. The maximum atomic E-state index is 5.75. The standard InChI is InChI=1S/C10H10ClN3O/c1-15-7-14-5-10(13-6-14)9-3-2-8(11)4-12-9/h2-6H,7H2,1H3. The Morgan fingerprint density at radius 3 is 2.87 bits per heavy atom. The average Bonchev–Trinajstić information content (AvgIpc) is 2.68. The van der Waals surface area contributed by atoms with Crippen molar-refractivity contribution in [3.63, 3.8) is 0 Å². The molecule has 0 aliphatic rings. The van der Waals surface area contributed by atoms with E-state index in [0.717, 1.165) is 11.4 Å². The lowest BCUT2D eigenvalue weighted by atomic mass is 10.3. The van der Waals surface area contributed by atoms with Crippen molar-refractivity contribution in [1.29, 1.82) is 0 Å². The smallest absolute Gasteiger partial charge is 0.123 e. The van der Waals surface area contributed by atoms with Gasteiger partial charge in [-0.15, -0.1) is 0 Å². The highest BCUT2D eigenvalue weighted by Crippen LogP contribution is 2.16. The maximum absolute atomic E-state index is 5.75. The summed E-state index contributed by atoms with van der Waals surface area (Å²) < 4.78 is 6.82. The Kier molecular flexibility index (Phi) is 2.99. The molecule has 0 aliphatic heterocycles. The number of aromatic nitrogens is 3. The summed E-state index contributed by atoms with van der Waals surface area (Å²) in [5, 5.41) is 0.620. The van der Waals surface area contributed by atoms with E-state index in [0.29, 0.717) is 11.8 Å². The van der Waals surface area contributed by atoms with Crippen LogP contribution >= 0.6 is 11.6 Å². The minimum absolute atomic E-state index is 0.487. The molecule has 0 fully saturated rings. The van der Waals surface area contributed by atoms with Crippen molar-refractivity contribution in [1.82, 2.24) is 14.5 Å². The van der Waals surface area contributed by atoms with Gasteiger partial charge < -0.3 is 9.30 Å². The molecule has 0 amide bonds. The number of halogens is 1. The minimum Gasteiger partial charge on any atom is -0.364 e. The molecule has 2 aromatic heterocycles. The van der Waals surface area contributed by atoms with Gasteiger partial charge in [0.05, 0.1) is 17.0 Å². The lowest BCUT2D eigenvalue weighted by molar-refractivity contribution is 0.131. The number of pyridine rings is 1. The molecule has 0 unspecified atom stereocenters. The van der Waals surface area contributed by atoms with Gasteiger partial charge in [0.25, 0.3) is 0 Å². The molecule has 0 aliphatic carbocycles. The Labute approximate surface area is 92.5 Å². The molecule has 2 heterocycles. The maximum Gasteiger partial charge on any atom is 0.123 e. The Morgan fingerprint density at radius 2 is 2.20 bits per heavy atom. The zero-order valence-electron chi connectivity index (χ0n) is 8.22. The van der Waals surface area contributed by atoms with Gasteiger partial charge in [-0.2, -0.15) is 0 Å². The lowest BCUT2D eigenvalue weighted by Gasteiger charge is -1.97. The predicted octanol–water partition coefficient (Wildman–Crippen LogP) is 2.20. The van der Waals surface area contributed by atoms with Crippen molar-refractivity contribution in [3.8, 4) is 11.4 Å². The van der Waals surface area contributed by atoms with E-state index in [4.69, 9.17) is 16.3 Å². The minimum atomic E-state index is 0.487. The summed E-state index contributed by atoms with van der Waals surface area (Å²) in [4.78, 5) is 8.39. The molecular formula is C10H10ClN3O. The van der Waals surface area contributed by atoms with E-state index in [1.54, 1.807) is 25.7 Å². The zero-order chi connectivity index (χ0) is 10.7. The van der Waals surface area contributed by atoms with Crippen molar-refractivity contribution in [2.75, 3.05) is 7.11 Å². The lowest BCUT2D eigenvalue weighted by Crippen LogP contribution is -1.95. The van der Waals surface area contributed by atoms with Crippen LogP contribution in [0.15, 0.2) is 30.9 Å². The highest BCUT2D eigenvalue weighted by atomic mass is 35.5. The summed E-state index contributed by atoms with van der Waals surface area (Å²) >= 11 is 5.75. The third kappa shape index (κ3) is 2.34. The van der Waals surface area contributed by atoms with Gasteiger partial charge in [-0.05, 0) is 12.1 Å². The molecule has 78 valence electrons. The van der Waals surface area contributed by atoms with Crippen LogP contribution in [0.1, 0.15) is 0 Å². The quantitative estimate of drug-likeness (QED) is 0.801. The van der Waals surface area contributed by atoms with Gasteiger partial charge in [0.1, 0.15) is 12.4 Å². The number of imidazole rings is 1. The monoisotopic (exact) mass is 223 g/mol. The van der Waals surface area contributed by atoms with Crippen LogP contribution in [0.2, 0.25) is 5.02 Å². The molecule has 2 aromatic rings. The van der Waals surface area contributed by atoms with Gasteiger partial charge in [-0.3, -0.25) is 4.98 Å². The first-order valence-electron chi connectivity index (χ1n) is 4.42. The Bertz CT molecular complexity index is 438. The zero-order valence-corrected chi connectivity index (χ0v) is 8.98. The highest BCUT2D eigenvalue weighted by molar-refractivity contribution is 6.30. The van der Waals surface area contributed by atoms with Crippen LogP contribution in [-0.2, 0) is 11.5 Å². The first-order valence-corrected chi connectivity index (χ1v) is 4.80. The number of nitrogens with zero attached hydrogens (tertiary/aromatic N) is 3. The average molecular weight is 224 g/mol. The van der Waals surface area contributed by atoms with Crippen molar-refractivity contribution in [2.45, 2.75) is 6.73 Å². The van der Waals surface area contributed by atoms with E-state index in [1.165, 1.54) is 0 Å². The molecule has 0 radical (unpaired) electrons. The second kappa shape index (κ2) is 4.42. The van der Waals surface area contributed by atoms with Gasteiger partial charge in [0.2, 0.25) is 0 Å². The van der Waals surface area contributed by atoms with Crippen LogP contribution in [0.25, 0.3) is 11.4 Å². The molecule has 0 spiro atoms. The molecule has 0 saturated heterocycles. The molecule has 0 bridgehead atoms. The van der Waals surface area contributed by atoms with Crippen LogP contribution in [0.4, 0.5) is 0 Å². The van der Waals surface area contributed by atoms with Crippen molar-refractivity contribution in [3.05, 3.63) is 35.9 Å². The normalized spacial score (nSPS) is 10.5. The molecule has 0 aromatic carbocycles. The van der Waals surface area contributed by atoms with E-state index in [9.17, 15) is 0 Å². The molecule has 2 rings (SSSR count). The molecule has 0 atom stereocenters. The van der Waals surface area contributed by atoms with Crippen molar-refractivity contribution < 1.29 is 4.74 Å². The summed E-state index contributed by atoms with van der Waals surface area (Å²) in [5.74, 6) is 0. The largest absolute Gasteiger partial charge is 0.364 e. The summed E-state index contributed by atoms with van der Waals surface area (Å²) in [5.41, 5.74) is 1.61. The van der Waals surface area contributed by atoms with Crippen LogP contribution in [0, 0.1) is 0 Å². The summed E-state index contributed by atoms with van der Waals surface area (Å²) in [6.45, 7) is 0.487. The number of hydrogen-bond acceptors (Lipinski definition) is 3. The molecule has 4 nitrogen and oxygen atoms in total. The molecule has 5 heteroatoms. The number of hydrogen-bond donors (Lipinski definition) is 0. The van der Waals surface area contributed by atoms with Gasteiger partial charge in [-0.1, -0.05) is 11.6 Å². The Hall–Kier alpha value is -1.39. The molecule has 0 N–H and O–H groups in total. The van der Waals surface area contributed by atoms with Gasteiger partial charge in [-0.25, -0.2) is 4.98 Å². The van der Waals surface area contributed by atoms with Crippen molar-refractivity contribution >= 4 is 11.6 Å². The Morgan fingerprint density at radius 1 is 1.33 bits per heavy atom. The first-order chi connectivity index (χ1) is 7.29. The van der Waals surface area contributed by atoms with Gasteiger partial charge in [0, 0.05) is 19.5 Å². The summed E-state index contributed by atoms with van der Waals surface area (Å²) in [6, 6.07) is 3.63. The molecule has 0 saturated carbocycles. The van der Waals surface area contributed by atoms with E-state index >= 15 is 0 Å². The summed E-state index contributed by atoms with van der Waals surface area (Å²) in [6.07, 6.45) is 5.18. The fourth-order valence-corrected chi connectivity index (χ4v) is 1.35. The Balaban J connectivity index is 2.25. The van der Waals surface area contributed by atoms with E-state index < -0.39 is 0 Å². The first kappa shape index (κ1) is 10.1. The van der Waals surface area contributed by atoms with E-state index in [1.807, 2.05) is 16.8 Å². The van der Waals surface area contributed by atoms with E-state index in [-0.39, 0.29) is 0 Å². The molecular weight excluding hydrogens is 214 g/mol. The fraction of sp³-hybridized carbons (Fsp3) is 0.200. The highest BCUT2D eigenvalue weighted by Gasteiger charge is 2.02. The van der Waals surface area contributed by atoms with Crippen LogP contribution < -0.4 is 0 Å². The number of methoxy groups -OCH3 is 1.